The molecule has 0 aliphatic carbocycles. The Morgan fingerprint density at radius 1 is 1.19 bits per heavy atom. The average molecular weight is 386 g/mol. The Morgan fingerprint density at radius 3 is 2.89 bits per heavy atom. The first kappa shape index (κ1) is 19.2. The standard InChI is InChI=1S/C20H24ClN5O/c1-3-4-10-26-20(23-24-25-26)22-13-17-12-18(21)8-9-19(17)27-14-16-7-5-6-15(2)11-16/h5-9,11-12H,3-4,10,13-14H2,1-2H3,(H,22,23,25). The highest BCUT2D eigenvalue weighted by atomic mass is 35.5. The highest BCUT2D eigenvalue weighted by molar-refractivity contribution is 6.30. The topological polar surface area (TPSA) is 64.9 Å². The zero-order valence-electron chi connectivity index (χ0n) is 15.7. The Hall–Kier alpha value is -2.60. The van der Waals surface area contributed by atoms with Crippen LogP contribution >= 0.6 is 11.6 Å². The van der Waals surface area contributed by atoms with E-state index in [9.17, 15) is 0 Å². The largest absolute Gasteiger partial charge is 0.489 e. The number of rotatable bonds is 9. The summed E-state index contributed by atoms with van der Waals surface area (Å²) < 4.78 is 7.82. The van der Waals surface area contributed by atoms with Crippen LogP contribution in [0.15, 0.2) is 42.5 Å². The van der Waals surface area contributed by atoms with E-state index in [-0.39, 0.29) is 0 Å². The van der Waals surface area contributed by atoms with Crippen molar-refractivity contribution in [3.8, 4) is 5.75 Å². The van der Waals surface area contributed by atoms with Gasteiger partial charge in [0.15, 0.2) is 0 Å². The number of nitrogens with one attached hydrogen (secondary N) is 1. The lowest BCUT2D eigenvalue weighted by atomic mass is 10.1. The van der Waals surface area contributed by atoms with Gasteiger partial charge in [-0.1, -0.05) is 59.9 Å². The van der Waals surface area contributed by atoms with Crippen molar-refractivity contribution in [3.63, 3.8) is 0 Å². The molecule has 1 N–H and O–H groups in total. The van der Waals surface area contributed by atoms with Crippen molar-refractivity contribution in [3.05, 3.63) is 64.2 Å². The molecule has 0 saturated carbocycles. The monoisotopic (exact) mass is 385 g/mol. The van der Waals surface area contributed by atoms with Gasteiger partial charge in [-0.05, 0) is 47.5 Å². The summed E-state index contributed by atoms with van der Waals surface area (Å²) in [4.78, 5) is 0. The lowest BCUT2D eigenvalue weighted by Gasteiger charge is -2.13. The van der Waals surface area contributed by atoms with Gasteiger partial charge in [0.2, 0.25) is 5.95 Å². The Morgan fingerprint density at radius 2 is 2.07 bits per heavy atom. The number of anilines is 1. The maximum atomic E-state index is 6.19. The van der Waals surface area contributed by atoms with Crippen molar-refractivity contribution in [2.75, 3.05) is 5.32 Å². The Labute approximate surface area is 164 Å². The van der Waals surface area contributed by atoms with Gasteiger partial charge in [-0.2, -0.15) is 0 Å². The second kappa shape index (κ2) is 9.37. The minimum Gasteiger partial charge on any atom is -0.489 e. The number of halogens is 1. The summed E-state index contributed by atoms with van der Waals surface area (Å²) in [7, 11) is 0. The van der Waals surface area contributed by atoms with Gasteiger partial charge in [0, 0.05) is 23.7 Å². The van der Waals surface area contributed by atoms with E-state index in [1.807, 2.05) is 24.3 Å². The first-order chi connectivity index (χ1) is 13.2. The molecule has 0 fully saturated rings. The summed E-state index contributed by atoms with van der Waals surface area (Å²) in [5.41, 5.74) is 3.31. The average Bonchev–Trinajstić information content (AvgIpc) is 3.11. The molecule has 0 saturated heterocycles. The fraction of sp³-hybridized carbons (Fsp3) is 0.350. The fourth-order valence-corrected chi connectivity index (χ4v) is 2.95. The fourth-order valence-electron chi connectivity index (χ4n) is 2.75. The van der Waals surface area contributed by atoms with Crippen LogP contribution < -0.4 is 10.1 Å². The lowest BCUT2D eigenvalue weighted by Crippen LogP contribution is -2.10. The van der Waals surface area contributed by atoms with Crippen LogP contribution in [0.3, 0.4) is 0 Å². The van der Waals surface area contributed by atoms with E-state index in [2.05, 4.69) is 52.9 Å². The zero-order valence-corrected chi connectivity index (χ0v) is 16.4. The molecular weight excluding hydrogens is 362 g/mol. The number of hydrogen-bond donors (Lipinski definition) is 1. The highest BCUT2D eigenvalue weighted by Crippen LogP contribution is 2.25. The molecule has 1 heterocycles. The number of nitrogens with zero attached hydrogens (tertiary/aromatic N) is 4. The predicted octanol–water partition coefficient (Wildman–Crippen LogP) is 4.63. The van der Waals surface area contributed by atoms with Crippen LogP contribution in [-0.4, -0.2) is 20.2 Å². The Kier molecular flexibility index (Phi) is 6.65. The van der Waals surface area contributed by atoms with E-state index in [0.29, 0.717) is 24.1 Å². The molecule has 3 rings (SSSR count). The molecule has 0 amide bonds. The van der Waals surface area contributed by atoms with Gasteiger partial charge in [0.25, 0.3) is 0 Å². The van der Waals surface area contributed by atoms with Crippen LogP contribution in [-0.2, 0) is 19.7 Å². The van der Waals surface area contributed by atoms with Crippen LogP contribution in [0, 0.1) is 6.92 Å². The molecule has 6 nitrogen and oxygen atoms in total. The lowest BCUT2D eigenvalue weighted by molar-refractivity contribution is 0.303. The van der Waals surface area contributed by atoms with E-state index >= 15 is 0 Å². The summed E-state index contributed by atoms with van der Waals surface area (Å²) in [5.74, 6) is 1.44. The quantitative estimate of drug-likeness (QED) is 0.582. The minimum absolute atomic E-state index is 0.505. The summed E-state index contributed by atoms with van der Waals surface area (Å²) in [5, 5.41) is 15.8. The van der Waals surface area contributed by atoms with Gasteiger partial charge >= 0.3 is 0 Å². The molecule has 0 atom stereocenters. The van der Waals surface area contributed by atoms with Gasteiger partial charge in [0.1, 0.15) is 12.4 Å². The molecule has 0 bridgehead atoms. The van der Waals surface area contributed by atoms with Crippen LogP contribution in [0.4, 0.5) is 5.95 Å². The second-order valence-electron chi connectivity index (χ2n) is 6.46. The Bertz CT molecular complexity index is 880. The SMILES string of the molecule is CCCCn1nnnc1NCc1cc(Cl)ccc1OCc1cccc(C)c1. The van der Waals surface area contributed by atoms with Crippen molar-refractivity contribution < 1.29 is 4.74 Å². The highest BCUT2D eigenvalue weighted by Gasteiger charge is 2.09. The molecule has 0 aliphatic heterocycles. The predicted molar refractivity (Wildman–Crippen MR) is 107 cm³/mol. The molecular formula is C20H24ClN5O. The first-order valence-corrected chi connectivity index (χ1v) is 9.50. The number of benzene rings is 2. The number of tetrazole rings is 1. The number of aromatic nitrogens is 4. The summed E-state index contributed by atoms with van der Waals surface area (Å²) in [6.07, 6.45) is 2.12. The van der Waals surface area contributed by atoms with Crippen molar-refractivity contribution in [1.82, 2.24) is 20.2 Å². The molecule has 0 spiro atoms. The maximum Gasteiger partial charge on any atom is 0.243 e. The van der Waals surface area contributed by atoms with Gasteiger partial charge < -0.3 is 10.1 Å². The molecule has 0 aliphatic rings. The summed E-state index contributed by atoms with van der Waals surface area (Å²) >= 11 is 6.19. The molecule has 2 aromatic carbocycles. The van der Waals surface area contributed by atoms with Gasteiger partial charge in [-0.15, -0.1) is 0 Å². The van der Waals surface area contributed by atoms with Crippen LogP contribution in [0.1, 0.15) is 36.5 Å². The van der Waals surface area contributed by atoms with E-state index < -0.39 is 0 Å². The zero-order chi connectivity index (χ0) is 19.1. The second-order valence-corrected chi connectivity index (χ2v) is 6.90. The number of unbranched alkanes of at least 4 members (excludes halogenated alkanes) is 1. The van der Waals surface area contributed by atoms with E-state index in [1.54, 1.807) is 4.68 Å². The minimum atomic E-state index is 0.505. The number of aryl methyl sites for hydroxylation is 2. The smallest absolute Gasteiger partial charge is 0.243 e. The third-order valence-corrected chi connectivity index (χ3v) is 4.43. The third-order valence-electron chi connectivity index (χ3n) is 4.19. The maximum absolute atomic E-state index is 6.19. The summed E-state index contributed by atoms with van der Waals surface area (Å²) in [6, 6.07) is 13.9. The first-order valence-electron chi connectivity index (χ1n) is 9.12. The molecule has 7 heteroatoms. The van der Waals surface area contributed by atoms with Crippen LogP contribution in [0.25, 0.3) is 0 Å². The van der Waals surface area contributed by atoms with E-state index in [4.69, 9.17) is 16.3 Å². The molecule has 142 valence electrons. The molecule has 27 heavy (non-hydrogen) atoms. The van der Waals surface area contributed by atoms with Crippen molar-refractivity contribution >= 4 is 17.5 Å². The van der Waals surface area contributed by atoms with Crippen molar-refractivity contribution in [2.24, 2.45) is 0 Å². The normalized spacial score (nSPS) is 10.8. The third kappa shape index (κ3) is 5.44. The number of ether oxygens (including phenoxy) is 1. The van der Waals surface area contributed by atoms with E-state index in [0.717, 1.165) is 36.3 Å². The molecule has 1 aromatic heterocycles. The Balaban J connectivity index is 1.68. The molecule has 0 radical (unpaired) electrons. The van der Waals surface area contributed by atoms with Crippen LogP contribution in [0.2, 0.25) is 5.02 Å². The van der Waals surface area contributed by atoms with Crippen molar-refractivity contribution in [2.45, 2.75) is 46.4 Å². The summed E-state index contributed by atoms with van der Waals surface area (Å²) in [6.45, 7) is 6.03. The van der Waals surface area contributed by atoms with E-state index in [1.165, 1.54) is 5.56 Å². The van der Waals surface area contributed by atoms with Crippen molar-refractivity contribution in [1.29, 1.82) is 0 Å². The van der Waals surface area contributed by atoms with Gasteiger partial charge in [-0.3, -0.25) is 0 Å². The molecule has 3 aromatic rings. The van der Waals surface area contributed by atoms with Crippen LogP contribution in [0.5, 0.6) is 5.75 Å². The van der Waals surface area contributed by atoms with Gasteiger partial charge in [0.05, 0.1) is 0 Å². The molecule has 0 unspecified atom stereocenters. The van der Waals surface area contributed by atoms with Gasteiger partial charge in [-0.25, -0.2) is 4.68 Å². The number of hydrogen-bond acceptors (Lipinski definition) is 5.